The minimum atomic E-state index is -1.19. The van der Waals surface area contributed by atoms with E-state index in [1.807, 2.05) is 6.08 Å². The minimum absolute atomic E-state index is 0.109. The van der Waals surface area contributed by atoms with Crippen LogP contribution in [0.1, 0.15) is 39.5 Å². The highest BCUT2D eigenvalue weighted by Gasteiger charge is 2.27. The van der Waals surface area contributed by atoms with Crippen LogP contribution in [-0.2, 0) is 4.79 Å². The summed E-state index contributed by atoms with van der Waals surface area (Å²) in [7, 11) is 0. The summed E-state index contributed by atoms with van der Waals surface area (Å²) < 4.78 is 0. The summed E-state index contributed by atoms with van der Waals surface area (Å²) in [6.45, 7) is 3.09. The quantitative estimate of drug-likeness (QED) is 0.683. The van der Waals surface area contributed by atoms with E-state index in [9.17, 15) is 9.90 Å². The number of hydrogen-bond acceptors (Lipinski definition) is 2. The van der Waals surface area contributed by atoms with Crippen LogP contribution in [0.4, 0.5) is 0 Å². The zero-order chi connectivity index (χ0) is 9.19. The van der Waals surface area contributed by atoms with Crippen molar-refractivity contribution in [2.45, 2.75) is 45.1 Å². The molecule has 0 atom stereocenters. The van der Waals surface area contributed by atoms with Gasteiger partial charge in [0.1, 0.15) is 5.60 Å². The highest BCUT2D eigenvalue weighted by atomic mass is 16.3. The SMILES string of the molecule is CC(C)(O)C(=O)C1=CCCCC1. The molecule has 2 nitrogen and oxygen atoms in total. The number of Topliss-reactive ketones (excluding diaryl/α,β-unsaturated/α-hetero) is 1. The van der Waals surface area contributed by atoms with Crippen LogP contribution >= 0.6 is 0 Å². The van der Waals surface area contributed by atoms with Gasteiger partial charge in [0.2, 0.25) is 0 Å². The van der Waals surface area contributed by atoms with Gasteiger partial charge in [0.05, 0.1) is 0 Å². The summed E-state index contributed by atoms with van der Waals surface area (Å²) in [6.07, 6.45) is 6.03. The number of allylic oxidation sites excluding steroid dienone is 1. The van der Waals surface area contributed by atoms with Crippen molar-refractivity contribution in [3.63, 3.8) is 0 Å². The molecule has 0 aromatic rings. The molecule has 1 aliphatic rings. The number of carbonyl (C=O) groups excluding carboxylic acids is 1. The number of ketones is 1. The third-order valence-corrected chi connectivity index (χ3v) is 2.14. The average molecular weight is 168 g/mol. The van der Waals surface area contributed by atoms with Crippen LogP contribution in [0.3, 0.4) is 0 Å². The van der Waals surface area contributed by atoms with Crippen LogP contribution in [0, 0.1) is 0 Å². The van der Waals surface area contributed by atoms with Crippen LogP contribution in [0.25, 0.3) is 0 Å². The van der Waals surface area contributed by atoms with Gasteiger partial charge in [0, 0.05) is 0 Å². The van der Waals surface area contributed by atoms with Crippen molar-refractivity contribution >= 4 is 5.78 Å². The van der Waals surface area contributed by atoms with E-state index < -0.39 is 5.60 Å². The summed E-state index contributed by atoms with van der Waals surface area (Å²) in [5.41, 5.74) is -0.378. The first-order chi connectivity index (χ1) is 5.52. The number of hydrogen-bond donors (Lipinski definition) is 1. The maximum Gasteiger partial charge on any atom is 0.189 e. The minimum Gasteiger partial charge on any atom is -0.382 e. The number of aliphatic hydroxyl groups is 1. The Hall–Kier alpha value is -0.630. The first-order valence-corrected chi connectivity index (χ1v) is 4.48. The van der Waals surface area contributed by atoms with E-state index in [2.05, 4.69) is 0 Å². The lowest BCUT2D eigenvalue weighted by molar-refractivity contribution is -0.130. The molecular weight excluding hydrogens is 152 g/mol. The first kappa shape index (κ1) is 9.46. The van der Waals surface area contributed by atoms with Gasteiger partial charge in [-0.05, 0) is 45.1 Å². The van der Waals surface area contributed by atoms with Gasteiger partial charge >= 0.3 is 0 Å². The molecule has 2 heteroatoms. The smallest absolute Gasteiger partial charge is 0.189 e. The lowest BCUT2D eigenvalue weighted by Crippen LogP contribution is -2.32. The maximum absolute atomic E-state index is 11.5. The van der Waals surface area contributed by atoms with Crippen LogP contribution in [0.5, 0.6) is 0 Å². The predicted octanol–water partition coefficient (Wildman–Crippen LogP) is 1.83. The van der Waals surface area contributed by atoms with Gasteiger partial charge in [0.15, 0.2) is 5.78 Å². The largest absolute Gasteiger partial charge is 0.382 e. The Labute approximate surface area is 73.3 Å². The van der Waals surface area contributed by atoms with E-state index in [1.54, 1.807) is 13.8 Å². The topological polar surface area (TPSA) is 37.3 Å². The second-order valence-electron chi connectivity index (χ2n) is 3.86. The summed E-state index contributed by atoms with van der Waals surface area (Å²) in [6, 6.07) is 0. The molecule has 0 bridgehead atoms. The monoisotopic (exact) mass is 168 g/mol. The van der Waals surface area contributed by atoms with Gasteiger partial charge in [0.25, 0.3) is 0 Å². The fourth-order valence-electron chi connectivity index (χ4n) is 1.44. The Morgan fingerprint density at radius 2 is 2.17 bits per heavy atom. The van der Waals surface area contributed by atoms with Crippen molar-refractivity contribution in [1.82, 2.24) is 0 Å². The van der Waals surface area contributed by atoms with E-state index in [4.69, 9.17) is 0 Å². The second kappa shape index (κ2) is 3.40. The second-order valence-corrected chi connectivity index (χ2v) is 3.86. The Kier molecular flexibility index (Phi) is 2.68. The molecule has 0 heterocycles. The van der Waals surface area contributed by atoms with Crippen molar-refractivity contribution in [3.8, 4) is 0 Å². The molecule has 1 rings (SSSR count). The highest BCUT2D eigenvalue weighted by Crippen LogP contribution is 2.22. The Bertz CT molecular complexity index is 208. The van der Waals surface area contributed by atoms with E-state index in [0.717, 1.165) is 24.8 Å². The standard InChI is InChI=1S/C10H16O2/c1-10(2,12)9(11)8-6-4-3-5-7-8/h6,12H,3-5,7H2,1-2H3. The molecule has 0 aromatic carbocycles. The molecule has 68 valence electrons. The van der Waals surface area contributed by atoms with Gasteiger partial charge in [-0.1, -0.05) is 6.08 Å². The van der Waals surface area contributed by atoms with Gasteiger partial charge < -0.3 is 5.11 Å². The average Bonchev–Trinajstić information content (AvgIpc) is 2.03. The predicted molar refractivity (Wildman–Crippen MR) is 47.9 cm³/mol. The van der Waals surface area contributed by atoms with Crippen molar-refractivity contribution in [3.05, 3.63) is 11.6 Å². The van der Waals surface area contributed by atoms with Crippen LogP contribution < -0.4 is 0 Å². The summed E-state index contributed by atoms with van der Waals surface area (Å²) in [5.74, 6) is -0.109. The lowest BCUT2D eigenvalue weighted by Gasteiger charge is -2.19. The normalized spacial score (nSPS) is 18.8. The van der Waals surface area contributed by atoms with E-state index in [1.165, 1.54) is 6.42 Å². The Balaban J connectivity index is 2.70. The van der Waals surface area contributed by atoms with Crippen LogP contribution in [0.15, 0.2) is 11.6 Å². The molecule has 0 aliphatic heterocycles. The van der Waals surface area contributed by atoms with Gasteiger partial charge in [-0.25, -0.2) is 0 Å². The van der Waals surface area contributed by atoms with Crippen LogP contribution in [0.2, 0.25) is 0 Å². The number of rotatable bonds is 2. The molecule has 0 fully saturated rings. The Morgan fingerprint density at radius 3 is 2.58 bits per heavy atom. The van der Waals surface area contributed by atoms with Crippen molar-refractivity contribution in [2.24, 2.45) is 0 Å². The lowest BCUT2D eigenvalue weighted by atomic mass is 9.89. The van der Waals surface area contributed by atoms with E-state index >= 15 is 0 Å². The molecule has 0 saturated heterocycles. The molecule has 1 aliphatic carbocycles. The zero-order valence-electron chi connectivity index (χ0n) is 7.76. The van der Waals surface area contributed by atoms with E-state index in [0.29, 0.717) is 0 Å². The molecule has 0 amide bonds. The molecule has 1 N–H and O–H groups in total. The molecule has 0 aromatic heterocycles. The van der Waals surface area contributed by atoms with Crippen molar-refractivity contribution in [1.29, 1.82) is 0 Å². The molecule has 0 radical (unpaired) electrons. The molecular formula is C10H16O2. The van der Waals surface area contributed by atoms with Gasteiger partial charge in [-0.15, -0.1) is 0 Å². The third kappa shape index (κ3) is 2.18. The van der Waals surface area contributed by atoms with Gasteiger partial charge in [-0.3, -0.25) is 4.79 Å². The molecule has 12 heavy (non-hydrogen) atoms. The number of carbonyl (C=O) groups is 1. The molecule has 0 unspecified atom stereocenters. The molecule has 0 saturated carbocycles. The zero-order valence-corrected chi connectivity index (χ0v) is 7.76. The fraction of sp³-hybridized carbons (Fsp3) is 0.700. The van der Waals surface area contributed by atoms with Gasteiger partial charge in [-0.2, -0.15) is 0 Å². The maximum atomic E-state index is 11.5. The summed E-state index contributed by atoms with van der Waals surface area (Å²) >= 11 is 0. The fourth-order valence-corrected chi connectivity index (χ4v) is 1.44. The van der Waals surface area contributed by atoms with Crippen molar-refractivity contribution in [2.75, 3.05) is 0 Å². The Morgan fingerprint density at radius 1 is 1.50 bits per heavy atom. The highest BCUT2D eigenvalue weighted by molar-refractivity contribution is 6.01. The van der Waals surface area contributed by atoms with E-state index in [-0.39, 0.29) is 5.78 Å². The molecule has 0 spiro atoms. The van der Waals surface area contributed by atoms with Crippen molar-refractivity contribution < 1.29 is 9.90 Å². The third-order valence-electron chi connectivity index (χ3n) is 2.14. The summed E-state index contributed by atoms with van der Waals surface area (Å²) in [4.78, 5) is 11.5. The first-order valence-electron chi connectivity index (χ1n) is 4.48. The summed E-state index contributed by atoms with van der Waals surface area (Å²) in [5, 5.41) is 9.45. The van der Waals surface area contributed by atoms with Crippen LogP contribution in [-0.4, -0.2) is 16.5 Å².